The molecule has 0 heterocycles. The van der Waals surface area contributed by atoms with Crippen LogP contribution in [-0.4, -0.2) is 11.2 Å². The van der Waals surface area contributed by atoms with Crippen molar-refractivity contribution in [1.29, 1.82) is 0 Å². The maximum Gasteiger partial charge on any atom is 0.0597 e. The summed E-state index contributed by atoms with van der Waals surface area (Å²) in [5.74, 6) is 0. The van der Waals surface area contributed by atoms with E-state index in [4.69, 9.17) is 0 Å². The van der Waals surface area contributed by atoms with Crippen LogP contribution in [0.4, 0.5) is 0 Å². The maximum absolute atomic E-state index is 9.87. The normalized spacial score (nSPS) is 13.8. The van der Waals surface area contributed by atoms with Gasteiger partial charge in [0, 0.05) is 0 Å². The van der Waals surface area contributed by atoms with E-state index in [1.807, 2.05) is 13.0 Å². The Bertz CT molecular complexity index is 180. The van der Waals surface area contributed by atoms with Gasteiger partial charge in [0.2, 0.25) is 0 Å². The van der Waals surface area contributed by atoms with Crippen molar-refractivity contribution in [1.82, 2.24) is 0 Å². The largest absolute Gasteiger partial charge is 0.393 e. The molecule has 0 rings (SSSR count). The van der Waals surface area contributed by atoms with Crippen molar-refractivity contribution in [3.05, 3.63) is 24.8 Å². The second kappa shape index (κ2) is 5.23. The highest BCUT2D eigenvalue weighted by molar-refractivity contribution is 4.96. The molecule has 0 aliphatic heterocycles. The van der Waals surface area contributed by atoms with Crippen LogP contribution in [0.25, 0.3) is 0 Å². The molecule has 1 atom stereocenters. The minimum absolute atomic E-state index is 0.0607. The van der Waals surface area contributed by atoms with E-state index in [-0.39, 0.29) is 11.5 Å². The molecule has 0 aliphatic carbocycles. The summed E-state index contributed by atoms with van der Waals surface area (Å²) in [7, 11) is 0. The number of aliphatic hydroxyl groups is 1. The molecule has 13 heavy (non-hydrogen) atoms. The van der Waals surface area contributed by atoms with Gasteiger partial charge in [-0.25, -0.2) is 0 Å². The molecule has 76 valence electrons. The van der Waals surface area contributed by atoms with Crippen LogP contribution in [0.3, 0.4) is 0 Å². The van der Waals surface area contributed by atoms with Gasteiger partial charge in [-0.2, -0.15) is 0 Å². The number of hydrogen-bond acceptors (Lipinski definition) is 1. The molecule has 0 radical (unpaired) electrons. The third-order valence-electron chi connectivity index (χ3n) is 2.30. The van der Waals surface area contributed by atoms with Crippen LogP contribution in [0.5, 0.6) is 0 Å². The highest BCUT2D eigenvalue weighted by atomic mass is 16.3. The van der Waals surface area contributed by atoms with E-state index >= 15 is 0 Å². The number of allylic oxidation sites excluding steroid dienone is 2. The third kappa shape index (κ3) is 4.89. The minimum atomic E-state index is -0.262. The van der Waals surface area contributed by atoms with E-state index < -0.39 is 0 Å². The minimum Gasteiger partial charge on any atom is -0.393 e. The van der Waals surface area contributed by atoms with Crippen molar-refractivity contribution in [3.8, 4) is 0 Å². The lowest BCUT2D eigenvalue weighted by Crippen LogP contribution is -2.29. The Hall–Kier alpha value is -0.560. The van der Waals surface area contributed by atoms with Crippen LogP contribution in [0.15, 0.2) is 24.8 Å². The van der Waals surface area contributed by atoms with E-state index in [1.165, 1.54) is 0 Å². The zero-order chi connectivity index (χ0) is 10.5. The van der Waals surface area contributed by atoms with Gasteiger partial charge in [0.1, 0.15) is 0 Å². The molecule has 0 aromatic heterocycles. The van der Waals surface area contributed by atoms with Crippen molar-refractivity contribution in [2.24, 2.45) is 5.41 Å². The monoisotopic (exact) mass is 182 g/mol. The first kappa shape index (κ1) is 12.4. The molecule has 1 nitrogen and oxygen atoms in total. The number of hydrogen-bond donors (Lipinski definition) is 1. The Morgan fingerprint density at radius 1 is 1.54 bits per heavy atom. The lowest BCUT2D eigenvalue weighted by molar-refractivity contribution is 0.0442. The summed E-state index contributed by atoms with van der Waals surface area (Å²) in [5, 5.41) is 9.87. The fourth-order valence-electron chi connectivity index (χ4n) is 1.56. The Morgan fingerprint density at radius 2 is 2.08 bits per heavy atom. The van der Waals surface area contributed by atoms with Gasteiger partial charge in [0.15, 0.2) is 0 Å². The average Bonchev–Trinajstić information content (AvgIpc) is 1.97. The molecule has 1 heteroatoms. The molecular weight excluding hydrogens is 160 g/mol. The van der Waals surface area contributed by atoms with Crippen LogP contribution in [-0.2, 0) is 0 Å². The summed E-state index contributed by atoms with van der Waals surface area (Å²) in [5.41, 5.74) is 1.07. The molecule has 0 saturated carbocycles. The molecule has 0 aliphatic rings. The molecule has 0 aromatic rings. The molecule has 0 saturated heterocycles. The second-order valence-electron chi connectivity index (χ2n) is 4.50. The van der Waals surface area contributed by atoms with Gasteiger partial charge in [-0.1, -0.05) is 25.5 Å². The van der Waals surface area contributed by atoms with Gasteiger partial charge < -0.3 is 5.11 Å². The Kier molecular flexibility index (Phi) is 5.01. The van der Waals surface area contributed by atoms with Crippen molar-refractivity contribution in [2.75, 3.05) is 0 Å². The number of rotatable bonds is 6. The van der Waals surface area contributed by atoms with Gasteiger partial charge >= 0.3 is 0 Å². The Balaban J connectivity index is 4.08. The van der Waals surface area contributed by atoms with Crippen LogP contribution in [0.2, 0.25) is 0 Å². The van der Waals surface area contributed by atoms with Crippen molar-refractivity contribution >= 4 is 0 Å². The molecule has 0 aromatic carbocycles. The molecular formula is C12H22O. The molecule has 0 fully saturated rings. The van der Waals surface area contributed by atoms with Gasteiger partial charge in [0.05, 0.1) is 6.10 Å². The standard InChI is InChI=1S/C12H22O/c1-6-7-8-11(13)12(4,5)9-10(2)3/h6,11,13H,1-2,7-9H2,3-5H3. The molecule has 0 spiro atoms. The summed E-state index contributed by atoms with van der Waals surface area (Å²) in [6.45, 7) is 13.7. The van der Waals surface area contributed by atoms with E-state index in [0.717, 1.165) is 24.8 Å². The van der Waals surface area contributed by atoms with Crippen LogP contribution in [0, 0.1) is 5.41 Å². The Morgan fingerprint density at radius 3 is 2.46 bits per heavy atom. The van der Waals surface area contributed by atoms with E-state index in [0.29, 0.717) is 0 Å². The molecule has 0 bridgehead atoms. The highest BCUT2D eigenvalue weighted by Crippen LogP contribution is 2.30. The van der Waals surface area contributed by atoms with E-state index in [2.05, 4.69) is 27.0 Å². The third-order valence-corrected chi connectivity index (χ3v) is 2.30. The number of aliphatic hydroxyl groups excluding tert-OH is 1. The van der Waals surface area contributed by atoms with Crippen LogP contribution >= 0.6 is 0 Å². The maximum atomic E-state index is 9.87. The molecule has 0 amide bonds. The van der Waals surface area contributed by atoms with Gasteiger partial charge in [-0.3, -0.25) is 0 Å². The highest BCUT2D eigenvalue weighted by Gasteiger charge is 2.26. The summed E-state index contributed by atoms with van der Waals surface area (Å²) in [6, 6.07) is 0. The van der Waals surface area contributed by atoms with E-state index in [1.54, 1.807) is 0 Å². The smallest absolute Gasteiger partial charge is 0.0597 e. The summed E-state index contributed by atoms with van der Waals surface area (Å²) >= 11 is 0. The summed E-state index contributed by atoms with van der Waals surface area (Å²) < 4.78 is 0. The predicted molar refractivity (Wildman–Crippen MR) is 58.6 cm³/mol. The molecule has 1 unspecified atom stereocenters. The van der Waals surface area contributed by atoms with Crippen molar-refractivity contribution < 1.29 is 5.11 Å². The lowest BCUT2D eigenvalue weighted by atomic mass is 9.79. The van der Waals surface area contributed by atoms with Gasteiger partial charge in [-0.05, 0) is 31.6 Å². The first-order chi connectivity index (χ1) is 5.90. The van der Waals surface area contributed by atoms with Crippen LogP contribution in [0.1, 0.15) is 40.0 Å². The first-order valence-corrected chi connectivity index (χ1v) is 4.83. The van der Waals surface area contributed by atoms with E-state index in [9.17, 15) is 5.11 Å². The Labute approximate surface area is 82.2 Å². The fraction of sp³-hybridized carbons (Fsp3) is 0.667. The zero-order valence-electron chi connectivity index (χ0n) is 9.14. The molecule has 1 N–H and O–H groups in total. The first-order valence-electron chi connectivity index (χ1n) is 4.83. The average molecular weight is 182 g/mol. The predicted octanol–water partition coefficient (Wildman–Crippen LogP) is 3.31. The quantitative estimate of drug-likeness (QED) is 0.625. The van der Waals surface area contributed by atoms with Gasteiger partial charge in [-0.15, -0.1) is 13.2 Å². The summed E-state index contributed by atoms with van der Waals surface area (Å²) in [6.07, 6.45) is 4.14. The van der Waals surface area contributed by atoms with Crippen LogP contribution < -0.4 is 0 Å². The van der Waals surface area contributed by atoms with Crippen molar-refractivity contribution in [2.45, 2.75) is 46.1 Å². The fourth-order valence-corrected chi connectivity index (χ4v) is 1.56. The lowest BCUT2D eigenvalue weighted by Gasteiger charge is -2.30. The SMILES string of the molecule is C=CCCC(O)C(C)(C)CC(=C)C. The summed E-state index contributed by atoms with van der Waals surface area (Å²) in [4.78, 5) is 0. The van der Waals surface area contributed by atoms with Crippen molar-refractivity contribution in [3.63, 3.8) is 0 Å². The topological polar surface area (TPSA) is 20.2 Å². The van der Waals surface area contributed by atoms with Gasteiger partial charge in [0.25, 0.3) is 0 Å². The zero-order valence-corrected chi connectivity index (χ0v) is 9.14. The second-order valence-corrected chi connectivity index (χ2v) is 4.50.